The molecular weight excluding hydrogens is 510 g/mol. The summed E-state index contributed by atoms with van der Waals surface area (Å²) in [5.74, 6) is -0.926. The van der Waals surface area contributed by atoms with Gasteiger partial charge in [-0.15, -0.1) is 0 Å². The summed E-state index contributed by atoms with van der Waals surface area (Å²) in [6.45, 7) is 7.28. The number of hydrogen-bond acceptors (Lipinski definition) is 6. The molecule has 3 amide bonds. The van der Waals surface area contributed by atoms with E-state index in [0.29, 0.717) is 11.1 Å². The number of nitrogens with zero attached hydrogens (tertiary/aromatic N) is 1. The Kier molecular flexibility index (Phi) is 10.1. The SMILES string of the molecule is CCN(C(=O)C(Cc1ccc(O)cc1)NC(=O)OC(C)(C)C)C(C(=O)NCc1ccccc1)c1cccc(O)c1. The maximum absolute atomic E-state index is 14.1. The van der Waals surface area contributed by atoms with Gasteiger partial charge in [0.1, 0.15) is 29.2 Å². The van der Waals surface area contributed by atoms with Gasteiger partial charge in [0.15, 0.2) is 0 Å². The van der Waals surface area contributed by atoms with E-state index in [9.17, 15) is 24.6 Å². The predicted molar refractivity (Wildman–Crippen MR) is 151 cm³/mol. The second-order valence-corrected chi connectivity index (χ2v) is 10.4. The highest BCUT2D eigenvalue weighted by Gasteiger charge is 2.35. The third kappa shape index (κ3) is 8.76. The smallest absolute Gasteiger partial charge is 0.408 e. The summed E-state index contributed by atoms with van der Waals surface area (Å²) < 4.78 is 5.41. The first-order valence-electron chi connectivity index (χ1n) is 13.2. The molecule has 0 radical (unpaired) electrons. The van der Waals surface area contributed by atoms with E-state index in [1.54, 1.807) is 52.0 Å². The Bertz CT molecular complexity index is 1290. The first-order chi connectivity index (χ1) is 19.0. The van der Waals surface area contributed by atoms with E-state index in [-0.39, 0.29) is 31.0 Å². The summed E-state index contributed by atoms with van der Waals surface area (Å²) in [5.41, 5.74) is 1.20. The summed E-state index contributed by atoms with van der Waals surface area (Å²) in [4.78, 5) is 41.8. The molecule has 40 heavy (non-hydrogen) atoms. The Morgan fingerprint density at radius 3 is 2.15 bits per heavy atom. The molecule has 3 aromatic rings. The Morgan fingerprint density at radius 2 is 1.55 bits per heavy atom. The fourth-order valence-corrected chi connectivity index (χ4v) is 4.23. The molecule has 0 bridgehead atoms. The van der Waals surface area contributed by atoms with Crippen LogP contribution in [0.25, 0.3) is 0 Å². The van der Waals surface area contributed by atoms with Gasteiger partial charge in [0.25, 0.3) is 0 Å². The molecule has 0 heterocycles. The molecule has 0 aromatic heterocycles. The minimum atomic E-state index is -1.09. The van der Waals surface area contributed by atoms with Gasteiger partial charge in [0, 0.05) is 19.5 Å². The van der Waals surface area contributed by atoms with Gasteiger partial charge in [0.2, 0.25) is 11.8 Å². The third-order valence-electron chi connectivity index (χ3n) is 6.04. The Morgan fingerprint density at radius 1 is 0.875 bits per heavy atom. The zero-order valence-electron chi connectivity index (χ0n) is 23.3. The summed E-state index contributed by atoms with van der Waals surface area (Å²) in [6, 6.07) is 19.7. The molecule has 0 spiro atoms. The maximum Gasteiger partial charge on any atom is 0.408 e. The summed E-state index contributed by atoms with van der Waals surface area (Å²) in [7, 11) is 0. The van der Waals surface area contributed by atoms with E-state index in [0.717, 1.165) is 5.56 Å². The second kappa shape index (κ2) is 13.5. The minimum Gasteiger partial charge on any atom is -0.508 e. The van der Waals surface area contributed by atoms with Crippen molar-refractivity contribution >= 4 is 17.9 Å². The number of phenols is 2. The molecule has 2 unspecified atom stereocenters. The van der Waals surface area contributed by atoms with E-state index in [1.165, 1.54) is 29.2 Å². The van der Waals surface area contributed by atoms with E-state index >= 15 is 0 Å². The highest BCUT2D eigenvalue weighted by Crippen LogP contribution is 2.26. The van der Waals surface area contributed by atoms with Crippen molar-refractivity contribution in [1.82, 2.24) is 15.5 Å². The van der Waals surface area contributed by atoms with Crippen molar-refractivity contribution in [2.75, 3.05) is 6.54 Å². The molecule has 0 saturated carbocycles. The van der Waals surface area contributed by atoms with Crippen LogP contribution in [-0.2, 0) is 27.3 Å². The lowest BCUT2D eigenvalue weighted by molar-refractivity contribution is -0.142. The van der Waals surface area contributed by atoms with Crippen molar-refractivity contribution in [3.63, 3.8) is 0 Å². The lowest BCUT2D eigenvalue weighted by atomic mass is 10.00. The Hall–Kier alpha value is -4.53. The first kappa shape index (κ1) is 30.0. The average molecular weight is 548 g/mol. The molecule has 3 rings (SSSR count). The van der Waals surface area contributed by atoms with Crippen molar-refractivity contribution in [3.8, 4) is 11.5 Å². The fourth-order valence-electron chi connectivity index (χ4n) is 4.23. The second-order valence-electron chi connectivity index (χ2n) is 10.4. The zero-order chi connectivity index (χ0) is 29.3. The number of alkyl carbamates (subject to hydrolysis) is 1. The van der Waals surface area contributed by atoms with Gasteiger partial charge in [-0.3, -0.25) is 9.59 Å². The normalized spacial score (nSPS) is 12.6. The lowest BCUT2D eigenvalue weighted by Crippen LogP contribution is -2.53. The van der Waals surface area contributed by atoms with Gasteiger partial charge in [-0.25, -0.2) is 4.79 Å². The fraction of sp³-hybridized carbons (Fsp3) is 0.323. The number of nitrogens with one attached hydrogen (secondary N) is 2. The molecule has 4 N–H and O–H groups in total. The Balaban J connectivity index is 1.95. The van der Waals surface area contributed by atoms with Gasteiger partial charge in [-0.05, 0) is 68.7 Å². The first-order valence-corrected chi connectivity index (χ1v) is 13.2. The van der Waals surface area contributed by atoms with Crippen molar-refractivity contribution in [3.05, 3.63) is 95.6 Å². The summed E-state index contributed by atoms with van der Waals surface area (Å²) in [5, 5.41) is 25.4. The van der Waals surface area contributed by atoms with Crippen LogP contribution in [0, 0.1) is 0 Å². The van der Waals surface area contributed by atoms with Gasteiger partial charge in [0.05, 0.1) is 0 Å². The maximum atomic E-state index is 14.1. The molecule has 0 saturated heterocycles. The van der Waals surface area contributed by atoms with Crippen molar-refractivity contribution < 1.29 is 29.3 Å². The number of aromatic hydroxyl groups is 2. The predicted octanol–water partition coefficient (Wildman–Crippen LogP) is 4.44. The molecular formula is C31H37N3O6. The summed E-state index contributed by atoms with van der Waals surface area (Å²) >= 11 is 0. The molecule has 0 aliphatic heterocycles. The molecule has 212 valence electrons. The largest absolute Gasteiger partial charge is 0.508 e. The number of rotatable bonds is 10. The molecule has 9 nitrogen and oxygen atoms in total. The van der Waals surface area contributed by atoms with Gasteiger partial charge in [-0.1, -0.05) is 54.6 Å². The van der Waals surface area contributed by atoms with Gasteiger partial charge < -0.3 is 30.5 Å². The molecule has 0 fully saturated rings. The van der Waals surface area contributed by atoms with E-state index in [2.05, 4.69) is 10.6 Å². The van der Waals surface area contributed by atoms with Crippen LogP contribution >= 0.6 is 0 Å². The number of benzene rings is 3. The number of carbonyl (C=O) groups excluding carboxylic acids is 3. The number of phenolic OH excluding ortho intramolecular Hbond substituents is 2. The third-order valence-corrected chi connectivity index (χ3v) is 6.04. The molecule has 2 atom stereocenters. The van der Waals surface area contributed by atoms with Crippen LogP contribution in [0.4, 0.5) is 4.79 Å². The number of carbonyl (C=O) groups is 3. The van der Waals surface area contributed by atoms with Crippen LogP contribution in [0.5, 0.6) is 11.5 Å². The van der Waals surface area contributed by atoms with Crippen LogP contribution in [0.2, 0.25) is 0 Å². The number of amides is 3. The average Bonchev–Trinajstić information content (AvgIpc) is 2.90. The summed E-state index contributed by atoms with van der Waals surface area (Å²) in [6.07, 6.45) is -0.684. The quantitative estimate of drug-likeness (QED) is 0.297. The zero-order valence-corrected chi connectivity index (χ0v) is 23.3. The van der Waals surface area contributed by atoms with Crippen molar-refractivity contribution in [1.29, 1.82) is 0 Å². The van der Waals surface area contributed by atoms with Crippen LogP contribution in [0.1, 0.15) is 50.4 Å². The Labute approximate surface area is 234 Å². The van der Waals surface area contributed by atoms with Crippen molar-refractivity contribution in [2.45, 2.75) is 58.3 Å². The van der Waals surface area contributed by atoms with Crippen LogP contribution in [-0.4, -0.2) is 51.2 Å². The topological polar surface area (TPSA) is 128 Å². The van der Waals surface area contributed by atoms with Crippen LogP contribution in [0.15, 0.2) is 78.9 Å². The van der Waals surface area contributed by atoms with Crippen LogP contribution in [0.3, 0.4) is 0 Å². The molecule has 0 aliphatic rings. The van der Waals surface area contributed by atoms with E-state index < -0.39 is 35.6 Å². The van der Waals surface area contributed by atoms with Crippen molar-refractivity contribution in [2.24, 2.45) is 0 Å². The number of likely N-dealkylation sites (N-methyl/N-ethyl adjacent to an activating group) is 1. The highest BCUT2D eigenvalue weighted by molar-refractivity contribution is 5.92. The number of hydrogen-bond donors (Lipinski definition) is 4. The molecule has 0 aliphatic carbocycles. The van der Waals surface area contributed by atoms with Gasteiger partial charge >= 0.3 is 6.09 Å². The van der Waals surface area contributed by atoms with E-state index in [1.807, 2.05) is 30.3 Å². The highest BCUT2D eigenvalue weighted by atomic mass is 16.6. The monoisotopic (exact) mass is 547 g/mol. The van der Waals surface area contributed by atoms with Gasteiger partial charge in [-0.2, -0.15) is 0 Å². The van der Waals surface area contributed by atoms with Crippen LogP contribution < -0.4 is 10.6 Å². The molecule has 3 aromatic carbocycles. The number of ether oxygens (including phenoxy) is 1. The minimum absolute atomic E-state index is 0.0469. The van der Waals surface area contributed by atoms with E-state index in [4.69, 9.17) is 4.74 Å². The standard InChI is InChI=1S/C31H37N3O6/c1-5-34(27(23-12-9-13-25(36)19-23)28(37)32-20-22-10-7-6-8-11-22)29(38)26(33-30(39)40-31(2,3)4)18-21-14-16-24(35)17-15-21/h6-17,19,26-27,35-36H,5,18,20H2,1-4H3,(H,32,37)(H,33,39). The molecule has 9 heteroatoms. The lowest BCUT2D eigenvalue weighted by Gasteiger charge is -2.34.